The van der Waals surface area contributed by atoms with Gasteiger partial charge in [0.25, 0.3) is 0 Å². The van der Waals surface area contributed by atoms with Crippen molar-refractivity contribution in [2.75, 3.05) is 11.5 Å². The van der Waals surface area contributed by atoms with E-state index in [2.05, 4.69) is 0 Å². The van der Waals surface area contributed by atoms with E-state index in [4.69, 9.17) is 17.3 Å². The number of anilines is 1. The molecule has 0 saturated heterocycles. The fourth-order valence-electron chi connectivity index (χ4n) is 0.932. The molecule has 0 aliphatic rings. The lowest BCUT2D eigenvalue weighted by Gasteiger charge is -2.08. The Hall–Kier alpha value is -0.750. The summed E-state index contributed by atoms with van der Waals surface area (Å²) in [6.07, 6.45) is -4.49. The van der Waals surface area contributed by atoms with Gasteiger partial charge in [-0.1, -0.05) is 11.6 Å². The molecule has 2 nitrogen and oxygen atoms in total. The fraction of sp³-hybridized carbons (Fsp3) is 0.250. The van der Waals surface area contributed by atoms with Crippen LogP contribution in [0.2, 0.25) is 5.02 Å². The van der Waals surface area contributed by atoms with Crippen molar-refractivity contribution in [3.63, 3.8) is 0 Å². The molecule has 1 aromatic rings. The highest BCUT2D eigenvalue weighted by Crippen LogP contribution is 2.25. The molecule has 0 aliphatic carbocycles. The average molecular weight is 258 g/mol. The Balaban J connectivity index is 2.96. The highest BCUT2D eigenvalue weighted by atomic mass is 35.5. The molecule has 2 N–H and O–H groups in total. The molecule has 1 atom stereocenters. The number of nitrogen functional groups attached to an aromatic ring is 1. The Morgan fingerprint density at radius 2 is 2.00 bits per heavy atom. The zero-order chi connectivity index (χ0) is 11.6. The van der Waals surface area contributed by atoms with Gasteiger partial charge in [0.2, 0.25) is 0 Å². The smallest absolute Gasteiger partial charge is 0.398 e. The van der Waals surface area contributed by atoms with Crippen LogP contribution in [-0.2, 0) is 10.8 Å². The van der Waals surface area contributed by atoms with Gasteiger partial charge >= 0.3 is 6.18 Å². The Morgan fingerprint density at radius 3 is 2.53 bits per heavy atom. The van der Waals surface area contributed by atoms with E-state index >= 15 is 0 Å². The Morgan fingerprint density at radius 1 is 1.40 bits per heavy atom. The van der Waals surface area contributed by atoms with E-state index in [0.29, 0.717) is 0 Å². The van der Waals surface area contributed by atoms with Crippen LogP contribution in [0.15, 0.2) is 23.1 Å². The first kappa shape index (κ1) is 12.3. The third-order valence-corrected chi connectivity index (χ3v) is 3.18. The SMILES string of the molecule is Nc1ccc(Cl)cc1S(=O)CC(F)(F)F. The molecule has 0 amide bonds. The fourth-order valence-corrected chi connectivity index (χ4v) is 2.21. The van der Waals surface area contributed by atoms with Crippen LogP contribution in [0.3, 0.4) is 0 Å². The van der Waals surface area contributed by atoms with Gasteiger partial charge in [0.15, 0.2) is 0 Å². The highest BCUT2D eigenvalue weighted by molar-refractivity contribution is 7.85. The number of halogens is 4. The molecule has 0 fully saturated rings. The number of hydrogen-bond donors (Lipinski definition) is 1. The highest BCUT2D eigenvalue weighted by Gasteiger charge is 2.31. The monoisotopic (exact) mass is 257 g/mol. The molecule has 1 aromatic carbocycles. The molecule has 0 radical (unpaired) electrons. The Bertz CT molecular complexity index is 394. The molecule has 84 valence electrons. The van der Waals surface area contributed by atoms with Gasteiger partial charge in [0.1, 0.15) is 5.75 Å². The topological polar surface area (TPSA) is 43.1 Å². The average Bonchev–Trinajstić information content (AvgIpc) is 2.06. The maximum atomic E-state index is 12.0. The third-order valence-electron chi connectivity index (χ3n) is 1.52. The van der Waals surface area contributed by atoms with Crippen LogP contribution in [0.1, 0.15) is 0 Å². The van der Waals surface area contributed by atoms with Gasteiger partial charge in [0.05, 0.1) is 15.7 Å². The molecular weight excluding hydrogens is 251 g/mol. The molecule has 1 rings (SSSR count). The molecule has 1 unspecified atom stereocenters. The molecule has 0 saturated carbocycles. The second-order valence-electron chi connectivity index (χ2n) is 2.79. The van der Waals surface area contributed by atoms with Crippen molar-refractivity contribution in [3.05, 3.63) is 23.2 Å². The minimum atomic E-state index is -4.49. The summed E-state index contributed by atoms with van der Waals surface area (Å²) in [7, 11) is -2.21. The summed E-state index contributed by atoms with van der Waals surface area (Å²) in [6.45, 7) is 0. The van der Waals surface area contributed by atoms with E-state index < -0.39 is 22.7 Å². The zero-order valence-corrected chi connectivity index (χ0v) is 8.92. The molecule has 0 spiro atoms. The summed E-state index contributed by atoms with van der Waals surface area (Å²) < 4.78 is 47.2. The maximum absolute atomic E-state index is 12.0. The molecule has 0 aliphatic heterocycles. The predicted molar refractivity (Wildman–Crippen MR) is 53.2 cm³/mol. The van der Waals surface area contributed by atoms with Crippen molar-refractivity contribution in [1.82, 2.24) is 0 Å². The van der Waals surface area contributed by atoms with Crippen LogP contribution < -0.4 is 5.73 Å². The minimum absolute atomic E-state index is 0.0435. The van der Waals surface area contributed by atoms with E-state index in [1.54, 1.807) is 0 Å². The standard InChI is InChI=1S/C8H7ClF3NOS/c9-5-1-2-6(13)7(3-5)15(14)4-8(10,11)12/h1-3H,4,13H2. The van der Waals surface area contributed by atoms with E-state index in [9.17, 15) is 17.4 Å². The number of alkyl halides is 3. The Kier molecular flexibility index (Phi) is 3.62. The summed E-state index contributed by atoms with van der Waals surface area (Å²) in [5.74, 6) is -1.42. The zero-order valence-electron chi connectivity index (χ0n) is 7.34. The number of nitrogens with two attached hydrogens (primary N) is 1. The number of hydrogen-bond acceptors (Lipinski definition) is 2. The van der Waals surface area contributed by atoms with Gasteiger partial charge < -0.3 is 5.73 Å². The van der Waals surface area contributed by atoms with Crippen LogP contribution in [-0.4, -0.2) is 16.1 Å². The quantitative estimate of drug-likeness (QED) is 0.828. The summed E-state index contributed by atoms with van der Waals surface area (Å²) >= 11 is 5.56. The molecule has 0 bridgehead atoms. The van der Waals surface area contributed by atoms with Gasteiger partial charge in [-0.15, -0.1) is 0 Å². The van der Waals surface area contributed by atoms with E-state index in [-0.39, 0.29) is 15.6 Å². The van der Waals surface area contributed by atoms with Crippen molar-refractivity contribution < 1.29 is 17.4 Å². The normalized spacial score (nSPS) is 13.9. The number of rotatable bonds is 2. The lowest BCUT2D eigenvalue weighted by molar-refractivity contribution is -0.105. The first-order valence-electron chi connectivity index (χ1n) is 3.80. The molecule has 7 heteroatoms. The van der Waals surface area contributed by atoms with Crippen LogP contribution in [0.4, 0.5) is 18.9 Å². The third kappa shape index (κ3) is 3.71. The summed E-state index contributed by atoms with van der Waals surface area (Å²) in [6, 6.07) is 3.93. The van der Waals surface area contributed by atoms with E-state index in [1.165, 1.54) is 18.2 Å². The van der Waals surface area contributed by atoms with Gasteiger partial charge in [-0.2, -0.15) is 13.2 Å². The lowest BCUT2D eigenvalue weighted by Crippen LogP contribution is -2.19. The molecule has 0 heterocycles. The largest absolute Gasteiger partial charge is 0.400 e. The van der Waals surface area contributed by atoms with Gasteiger partial charge in [-0.05, 0) is 18.2 Å². The van der Waals surface area contributed by atoms with Crippen molar-refractivity contribution in [1.29, 1.82) is 0 Å². The van der Waals surface area contributed by atoms with Crippen molar-refractivity contribution in [3.8, 4) is 0 Å². The molecular formula is C8H7ClF3NOS. The van der Waals surface area contributed by atoms with Crippen molar-refractivity contribution in [2.45, 2.75) is 11.1 Å². The van der Waals surface area contributed by atoms with Gasteiger partial charge in [-0.3, -0.25) is 4.21 Å². The predicted octanol–water partition coefficient (Wildman–Crippen LogP) is 2.59. The van der Waals surface area contributed by atoms with E-state index in [0.717, 1.165) is 0 Å². The first-order chi connectivity index (χ1) is 6.79. The van der Waals surface area contributed by atoms with Crippen molar-refractivity contribution in [2.24, 2.45) is 0 Å². The van der Waals surface area contributed by atoms with Crippen LogP contribution in [0, 0.1) is 0 Å². The molecule has 15 heavy (non-hydrogen) atoms. The number of benzene rings is 1. The second-order valence-corrected chi connectivity index (χ2v) is 4.64. The van der Waals surface area contributed by atoms with Gasteiger partial charge in [-0.25, -0.2) is 0 Å². The van der Waals surface area contributed by atoms with Crippen LogP contribution in [0.5, 0.6) is 0 Å². The first-order valence-corrected chi connectivity index (χ1v) is 5.49. The van der Waals surface area contributed by atoms with E-state index in [1.807, 2.05) is 0 Å². The molecule has 0 aromatic heterocycles. The maximum Gasteiger partial charge on any atom is 0.400 e. The lowest BCUT2D eigenvalue weighted by atomic mass is 10.3. The van der Waals surface area contributed by atoms with Crippen LogP contribution in [0.25, 0.3) is 0 Å². The summed E-state index contributed by atoms with van der Waals surface area (Å²) in [5, 5.41) is 0.203. The Labute approximate surface area is 91.7 Å². The summed E-state index contributed by atoms with van der Waals surface area (Å²) in [5.41, 5.74) is 5.43. The summed E-state index contributed by atoms with van der Waals surface area (Å²) in [4.78, 5) is -0.0835. The minimum Gasteiger partial charge on any atom is -0.398 e. The van der Waals surface area contributed by atoms with Gasteiger partial charge in [0, 0.05) is 10.7 Å². The van der Waals surface area contributed by atoms with Crippen molar-refractivity contribution >= 4 is 28.1 Å². The second kappa shape index (κ2) is 4.40. The van der Waals surface area contributed by atoms with Crippen LogP contribution >= 0.6 is 11.6 Å².